The van der Waals surface area contributed by atoms with Gasteiger partial charge in [-0.2, -0.15) is 0 Å². The van der Waals surface area contributed by atoms with Crippen LogP contribution >= 0.6 is 0 Å². The molecule has 0 radical (unpaired) electrons. The van der Waals surface area contributed by atoms with E-state index in [1.807, 2.05) is 38.1 Å². The summed E-state index contributed by atoms with van der Waals surface area (Å²) in [5.74, 6) is -0.707. The lowest BCUT2D eigenvalue weighted by atomic mass is 10.1. The second-order valence-corrected chi connectivity index (χ2v) is 6.21. The third-order valence-corrected chi connectivity index (χ3v) is 4.19. The van der Waals surface area contributed by atoms with Crippen molar-refractivity contribution in [2.75, 3.05) is 18.9 Å². The molecule has 0 aliphatic rings. The summed E-state index contributed by atoms with van der Waals surface area (Å²) in [6.07, 6.45) is 0. The summed E-state index contributed by atoms with van der Waals surface area (Å²) in [5.41, 5.74) is 3.43. The van der Waals surface area contributed by atoms with Gasteiger partial charge in [0.05, 0.1) is 0 Å². The fraction of sp³-hybridized carbons (Fsp3) is 0.250. The summed E-state index contributed by atoms with van der Waals surface area (Å²) in [4.78, 5) is 36.3. The van der Waals surface area contributed by atoms with Crippen LogP contribution in [0.2, 0.25) is 0 Å². The second-order valence-electron chi connectivity index (χ2n) is 6.21. The van der Waals surface area contributed by atoms with E-state index >= 15 is 0 Å². The largest absolute Gasteiger partial charge is 0.341 e. The van der Waals surface area contributed by atoms with Crippen LogP contribution in [0.5, 0.6) is 0 Å². The summed E-state index contributed by atoms with van der Waals surface area (Å²) in [6, 6.07) is 13.5. The normalized spacial score (nSPS) is 11.4. The van der Waals surface area contributed by atoms with Crippen molar-refractivity contribution in [2.45, 2.75) is 19.9 Å². The zero-order valence-corrected chi connectivity index (χ0v) is 15.7. The molecule has 27 heavy (non-hydrogen) atoms. The zero-order valence-electron chi connectivity index (χ0n) is 15.7. The van der Waals surface area contributed by atoms with Gasteiger partial charge < -0.3 is 16.0 Å². The average Bonchev–Trinajstić information content (AvgIpc) is 2.65. The Balaban J connectivity index is 2.08. The molecular formula is C20H25N4O3+. The van der Waals surface area contributed by atoms with E-state index in [1.54, 1.807) is 29.6 Å². The Hall–Kier alpha value is -3.19. The Labute approximate surface area is 158 Å². The molecule has 5 N–H and O–H groups in total. The van der Waals surface area contributed by atoms with Crippen molar-refractivity contribution in [1.82, 2.24) is 10.6 Å². The van der Waals surface area contributed by atoms with Gasteiger partial charge in [-0.1, -0.05) is 48.5 Å². The van der Waals surface area contributed by atoms with E-state index < -0.39 is 18.0 Å². The van der Waals surface area contributed by atoms with Gasteiger partial charge in [0, 0.05) is 18.3 Å². The molecule has 0 heterocycles. The number of para-hydroxylation sites is 1. The minimum atomic E-state index is -0.716. The van der Waals surface area contributed by atoms with Gasteiger partial charge in [-0.15, -0.1) is 0 Å². The van der Waals surface area contributed by atoms with E-state index in [1.165, 1.54) is 7.05 Å². The SMILES string of the molecule is CNC(=O)NC(=O)[C@H]([NH2+]CC(=O)Nc1c(C)cccc1C)c1ccccc1. The monoisotopic (exact) mass is 369 g/mol. The van der Waals surface area contributed by atoms with E-state index in [0.29, 0.717) is 5.56 Å². The fourth-order valence-corrected chi connectivity index (χ4v) is 2.73. The van der Waals surface area contributed by atoms with Crippen molar-refractivity contribution in [1.29, 1.82) is 0 Å². The first-order valence-corrected chi connectivity index (χ1v) is 8.69. The Morgan fingerprint density at radius 1 is 0.963 bits per heavy atom. The average molecular weight is 369 g/mol. The number of nitrogens with two attached hydrogens (primary N) is 1. The Bertz CT molecular complexity index is 801. The lowest BCUT2D eigenvalue weighted by Gasteiger charge is -2.16. The van der Waals surface area contributed by atoms with Crippen LogP contribution in [-0.2, 0) is 9.59 Å². The topological polar surface area (TPSA) is 104 Å². The molecule has 4 amide bonds. The molecule has 0 aliphatic carbocycles. The maximum atomic E-state index is 12.5. The van der Waals surface area contributed by atoms with Crippen LogP contribution in [0.3, 0.4) is 0 Å². The molecule has 0 aromatic heterocycles. The number of carbonyl (C=O) groups excluding carboxylic acids is 3. The van der Waals surface area contributed by atoms with Crippen molar-refractivity contribution < 1.29 is 19.7 Å². The summed E-state index contributed by atoms with van der Waals surface area (Å²) in [7, 11) is 1.43. The lowest BCUT2D eigenvalue weighted by molar-refractivity contribution is -0.672. The van der Waals surface area contributed by atoms with Crippen molar-refractivity contribution in [2.24, 2.45) is 0 Å². The van der Waals surface area contributed by atoms with E-state index in [0.717, 1.165) is 16.8 Å². The fourth-order valence-electron chi connectivity index (χ4n) is 2.73. The van der Waals surface area contributed by atoms with Crippen LogP contribution in [0.15, 0.2) is 48.5 Å². The van der Waals surface area contributed by atoms with Crippen LogP contribution in [0.25, 0.3) is 0 Å². The molecule has 0 saturated heterocycles. The predicted octanol–water partition coefficient (Wildman–Crippen LogP) is 1.00. The molecule has 7 nitrogen and oxygen atoms in total. The maximum absolute atomic E-state index is 12.5. The second kappa shape index (κ2) is 9.49. The number of carbonyl (C=O) groups is 3. The zero-order chi connectivity index (χ0) is 19.8. The van der Waals surface area contributed by atoms with Crippen molar-refractivity contribution in [3.05, 3.63) is 65.2 Å². The number of hydrogen-bond acceptors (Lipinski definition) is 3. The lowest BCUT2D eigenvalue weighted by Crippen LogP contribution is -2.89. The summed E-state index contributed by atoms with van der Waals surface area (Å²) >= 11 is 0. The minimum Gasteiger partial charge on any atom is -0.341 e. The first kappa shape index (κ1) is 20.1. The molecule has 142 valence electrons. The molecule has 0 unspecified atom stereocenters. The van der Waals surface area contributed by atoms with Gasteiger partial charge in [0.25, 0.3) is 11.8 Å². The number of hydrogen-bond donors (Lipinski definition) is 4. The summed E-state index contributed by atoms with van der Waals surface area (Å²) in [6.45, 7) is 3.89. The van der Waals surface area contributed by atoms with Crippen molar-refractivity contribution in [3.63, 3.8) is 0 Å². The third-order valence-electron chi connectivity index (χ3n) is 4.19. The number of nitrogens with one attached hydrogen (secondary N) is 3. The Morgan fingerprint density at radius 2 is 1.59 bits per heavy atom. The van der Waals surface area contributed by atoms with Gasteiger partial charge in [-0.05, 0) is 25.0 Å². The molecule has 0 saturated carbocycles. The van der Waals surface area contributed by atoms with E-state index in [4.69, 9.17) is 0 Å². The van der Waals surface area contributed by atoms with Gasteiger partial charge >= 0.3 is 6.03 Å². The summed E-state index contributed by atoms with van der Waals surface area (Å²) in [5, 5.41) is 9.12. The highest BCUT2D eigenvalue weighted by atomic mass is 16.2. The number of imide groups is 1. The quantitative estimate of drug-likeness (QED) is 0.611. The number of benzene rings is 2. The van der Waals surface area contributed by atoms with Gasteiger partial charge in [-0.25, -0.2) is 4.79 Å². The molecule has 2 rings (SSSR count). The third kappa shape index (κ3) is 5.65. The molecule has 0 spiro atoms. The van der Waals surface area contributed by atoms with Crippen molar-refractivity contribution >= 4 is 23.5 Å². The molecule has 7 heteroatoms. The molecule has 2 aromatic rings. The first-order chi connectivity index (χ1) is 12.9. The van der Waals surface area contributed by atoms with Crippen LogP contribution < -0.4 is 21.3 Å². The van der Waals surface area contributed by atoms with Gasteiger partial charge in [0.1, 0.15) is 0 Å². The number of anilines is 1. The van der Waals surface area contributed by atoms with E-state index in [9.17, 15) is 14.4 Å². The standard InChI is InChI=1S/C20H24N4O3/c1-13-8-7-9-14(2)17(13)23-16(25)12-22-18(15-10-5-4-6-11-15)19(26)24-20(27)21-3/h4-11,18,22H,12H2,1-3H3,(H,23,25)(H2,21,24,26,27)/p+1/t18-/m1/s1. The predicted molar refractivity (Wildman–Crippen MR) is 103 cm³/mol. The van der Waals surface area contributed by atoms with Crippen LogP contribution in [0, 0.1) is 13.8 Å². The summed E-state index contributed by atoms with van der Waals surface area (Å²) < 4.78 is 0. The Morgan fingerprint density at radius 3 is 2.19 bits per heavy atom. The molecule has 0 fully saturated rings. The number of amides is 4. The highest BCUT2D eigenvalue weighted by Gasteiger charge is 2.26. The van der Waals surface area contributed by atoms with E-state index in [-0.39, 0.29) is 12.5 Å². The number of urea groups is 1. The number of rotatable bonds is 6. The number of aryl methyl sites for hydroxylation is 2. The molecule has 0 aliphatic heterocycles. The van der Waals surface area contributed by atoms with Crippen LogP contribution in [0.1, 0.15) is 22.7 Å². The van der Waals surface area contributed by atoms with Gasteiger partial charge in [-0.3, -0.25) is 14.9 Å². The van der Waals surface area contributed by atoms with Gasteiger partial charge in [0.2, 0.25) is 0 Å². The molecule has 0 bridgehead atoms. The molecule has 1 atom stereocenters. The Kier molecular flexibility index (Phi) is 7.08. The molecular weight excluding hydrogens is 344 g/mol. The van der Waals surface area contributed by atoms with Crippen molar-refractivity contribution in [3.8, 4) is 0 Å². The highest BCUT2D eigenvalue weighted by molar-refractivity contribution is 5.97. The van der Waals surface area contributed by atoms with Gasteiger partial charge in [0.15, 0.2) is 12.6 Å². The first-order valence-electron chi connectivity index (χ1n) is 8.69. The minimum absolute atomic E-state index is 0.0362. The van der Waals surface area contributed by atoms with E-state index in [2.05, 4.69) is 16.0 Å². The van der Waals surface area contributed by atoms with Crippen LogP contribution in [0.4, 0.5) is 10.5 Å². The highest BCUT2D eigenvalue weighted by Crippen LogP contribution is 2.19. The van der Waals surface area contributed by atoms with Crippen LogP contribution in [-0.4, -0.2) is 31.4 Å². The smallest absolute Gasteiger partial charge is 0.321 e. The number of quaternary nitrogens is 1. The maximum Gasteiger partial charge on any atom is 0.321 e. The molecule has 2 aromatic carbocycles.